The molecule has 0 fully saturated rings. The molecule has 2 nitrogen and oxygen atoms in total. The number of thioether (sulfide) groups is 1. The van der Waals surface area contributed by atoms with Gasteiger partial charge in [-0.1, -0.05) is 0 Å². The topological polar surface area (TPSA) is 22.1 Å². The van der Waals surface area contributed by atoms with Crippen LogP contribution in [0.5, 0.6) is 11.5 Å². The number of ether oxygens (including phenoxy) is 1. The monoisotopic (exact) mass is 295 g/mol. The van der Waals surface area contributed by atoms with E-state index >= 15 is 0 Å². The van der Waals surface area contributed by atoms with Gasteiger partial charge < -0.3 is 4.74 Å². The molecule has 82 valence electrons. The summed E-state index contributed by atoms with van der Waals surface area (Å²) in [6, 6.07) is 9.85. The summed E-state index contributed by atoms with van der Waals surface area (Å²) in [6.45, 7) is 0. The highest BCUT2D eigenvalue weighted by atomic mass is 79.9. The van der Waals surface area contributed by atoms with Gasteiger partial charge in [-0.3, -0.25) is 4.98 Å². The smallest absolute Gasteiger partial charge is 0.146 e. The summed E-state index contributed by atoms with van der Waals surface area (Å²) >= 11 is 5.06. The number of hydrogen-bond donors (Lipinski definition) is 0. The van der Waals surface area contributed by atoms with E-state index < -0.39 is 0 Å². The standard InChI is InChI=1S/C12H10BrNOS/c1-16-12-4-2-10(3-5-12)15-11-6-9(13)7-14-8-11/h2-8H,1H3. The van der Waals surface area contributed by atoms with Gasteiger partial charge in [0.1, 0.15) is 11.5 Å². The Kier molecular flexibility index (Phi) is 3.85. The average molecular weight is 296 g/mol. The Labute approximate surface area is 107 Å². The molecule has 0 aliphatic rings. The number of halogens is 1. The molecule has 0 aliphatic heterocycles. The van der Waals surface area contributed by atoms with Crippen molar-refractivity contribution in [2.24, 2.45) is 0 Å². The fourth-order valence-electron chi connectivity index (χ4n) is 1.23. The lowest BCUT2D eigenvalue weighted by Gasteiger charge is -2.05. The summed E-state index contributed by atoms with van der Waals surface area (Å²) in [5.74, 6) is 1.55. The maximum Gasteiger partial charge on any atom is 0.146 e. The average Bonchev–Trinajstić information content (AvgIpc) is 2.30. The molecule has 2 rings (SSSR count). The van der Waals surface area contributed by atoms with Gasteiger partial charge in [-0.2, -0.15) is 0 Å². The van der Waals surface area contributed by atoms with Crippen molar-refractivity contribution in [3.8, 4) is 11.5 Å². The zero-order valence-corrected chi connectivity index (χ0v) is 11.1. The van der Waals surface area contributed by atoms with E-state index in [2.05, 4.69) is 20.9 Å². The van der Waals surface area contributed by atoms with Crippen molar-refractivity contribution in [1.82, 2.24) is 4.98 Å². The fraction of sp³-hybridized carbons (Fsp3) is 0.0833. The number of aromatic nitrogens is 1. The minimum Gasteiger partial charge on any atom is -0.456 e. The van der Waals surface area contributed by atoms with Crippen molar-refractivity contribution in [1.29, 1.82) is 0 Å². The third kappa shape index (κ3) is 3.00. The van der Waals surface area contributed by atoms with Crippen LogP contribution in [-0.4, -0.2) is 11.2 Å². The molecular weight excluding hydrogens is 286 g/mol. The number of nitrogens with zero attached hydrogens (tertiary/aromatic N) is 1. The molecule has 0 radical (unpaired) electrons. The van der Waals surface area contributed by atoms with Crippen LogP contribution in [0.2, 0.25) is 0 Å². The molecule has 1 heterocycles. The van der Waals surface area contributed by atoms with Gasteiger partial charge in [0, 0.05) is 15.6 Å². The van der Waals surface area contributed by atoms with Crippen LogP contribution in [0, 0.1) is 0 Å². The quantitative estimate of drug-likeness (QED) is 0.786. The second-order valence-electron chi connectivity index (χ2n) is 3.12. The normalized spacial score (nSPS) is 10.1. The molecular formula is C12H10BrNOS. The first-order chi connectivity index (χ1) is 7.78. The fourth-order valence-corrected chi connectivity index (χ4v) is 1.98. The van der Waals surface area contributed by atoms with E-state index in [1.165, 1.54) is 4.90 Å². The minimum atomic E-state index is 0.728. The van der Waals surface area contributed by atoms with Gasteiger partial charge in [0.15, 0.2) is 0 Å². The molecule has 0 amide bonds. The molecule has 1 aromatic carbocycles. The van der Waals surface area contributed by atoms with Crippen LogP contribution in [0.15, 0.2) is 52.1 Å². The predicted molar refractivity (Wildman–Crippen MR) is 70.2 cm³/mol. The van der Waals surface area contributed by atoms with Gasteiger partial charge in [0.2, 0.25) is 0 Å². The van der Waals surface area contributed by atoms with E-state index in [1.54, 1.807) is 24.2 Å². The van der Waals surface area contributed by atoms with Crippen LogP contribution < -0.4 is 4.74 Å². The highest BCUT2D eigenvalue weighted by Crippen LogP contribution is 2.25. The summed E-state index contributed by atoms with van der Waals surface area (Å²) in [5, 5.41) is 0. The molecule has 0 saturated carbocycles. The van der Waals surface area contributed by atoms with Gasteiger partial charge in [0.05, 0.1) is 6.20 Å². The SMILES string of the molecule is CSc1ccc(Oc2cncc(Br)c2)cc1. The Morgan fingerprint density at radius 1 is 1.12 bits per heavy atom. The molecule has 0 N–H and O–H groups in total. The molecule has 0 aliphatic carbocycles. The van der Waals surface area contributed by atoms with Crippen LogP contribution in [-0.2, 0) is 0 Å². The van der Waals surface area contributed by atoms with Crippen molar-refractivity contribution >= 4 is 27.7 Å². The summed E-state index contributed by atoms with van der Waals surface area (Å²) < 4.78 is 6.56. The van der Waals surface area contributed by atoms with Crippen molar-refractivity contribution in [3.63, 3.8) is 0 Å². The lowest BCUT2D eigenvalue weighted by molar-refractivity contribution is 0.479. The van der Waals surface area contributed by atoms with Crippen LogP contribution >= 0.6 is 27.7 Å². The van der Waals surface area contributed by atoms with Crippen LogP contribution in [0.3, 0.4) is 0 Å². The summed E-state index contributed by atoms with van der Waals surface area (Å²) in [6.07, 6.45) is 5.46. The van der Waals surface area contributed by atoms with Gasteiger partial charge in [-0.05, 0) is 52.5 Å². The summed E-state index contributed by atoms with van der Waals surface area (Å²) in [5.41, 5.74) is 0. The van der Waals surface area contributed by atoms with E-state index in [4.69, 9.17) is 4.74 Å². The van der Waals surface area contributed by atoms with E-state index in [0.29, 0.717) is 0 Å². The third-order valence-electron chi connectivity index (χ3n) is 1.97. The molecule has 0 atom stereocenters. The van der Waals surface area contributed by atoms with Crippen LogP contribution in [0.4, 0.5) is 0 Å². The second-order valence-corrected chi connectivity index (χ2v) is 4.91. The maximum absolute atomic E-state index is 5.66. The third-order valence-corrected chi connectivity index (χ3v) is 3.15. The van der Waals surface area contributed by atoms with Crippen LogP contribution in [0.1, 0.15) is 0 Å². The highest BCUT2D eigenvalue weighted by molar-refractivity contribution is 9.10. The Balaban J connectivity index is 2.14. The predicted octanol–water partition coefficient (Wildman–Crippen LogP) is 4.36. The minimum absolute atomic E-state index is 0.728. The first-order valence-corrected chi connectivity index (χ1v) is 6.72. The lowest BCUT2D eigenvalue weighted by atomic mass is 10.3. The number of hydrogen-bond acceptors (Lipinski definition) is 3. The van der Waals surface area contributed by atoms with Crippen molar-refractivity contribution in [2.45, 2.75) is 4.90 Å². The molecule has 16 heavy (non-hydrogen) atoms. The van der Waals surface area contributed by atoms with E-state index in [-0.39, 0.29) is 0 Å². The molecule has 0 unspecified atom stereocenters. The largest absolute Gasteiger partial charge is 0.456 e. The van der Waals surface area contributed by atoms with Crippen molar-refractivity contribution in [2.75, 3.05) is 6.26 Å². The Morgan fingerprint density at radius 3 is 2.50 bits per heavy atom. The Morgan fingerprint density at radius 2 is 1.88 bits per heavy atom. The highest BCUT2D eigenvalue weighted by Gasteiger charge is 1.98. The van der Waals surface area contributed by atoms with Gasteiger partial charge in [-0.25, -0.2) is 0 Å². The number of pyridine rings is 1. The van der Waals surface area contributed by atoms with E-state index in [9.17, 15) is 0 Å². The molecule has 4 heteroatoms. The van der Waals surface area contributed by atoms with Crippen molar-refractivity contribution < 1.29 is 4.74 Å². The number of rotatable bonds is 3. The molecule has 0 spiro atoms. The Hall–Kier alpha value is -1.00. The number of benzene rings is 1. The molecule has 0 bridgehead atoms. The van der Waals surface area contributed by atoms with Gasteiger partial charge in [-0.15, -0.1) is 11.8 Å². The van der Waals surface area contributed by atoms with E-state index in [0.717, 1.165) is 16.0 Å². The maximum atomic E-state index is 5.66. The lowest BCUT2D eigenvalue weighted by Crippen LogP contribution is -1.85. The first kappa shape index (κ1) is 11.5. The van der Waals surface area contributed by atoms with Crippen molar-refractivity contribution in [3.05, 3.63) is 47.2 Å². The zero-order chi connectivity index (χ0) is 11.4. The first-order valence-electron chi connectivity index (χ1n) is 4.70. The summed E-state index contributed by atoms with van der Waals surface area (Å²) in [7, 11) is 0. The Bertz CT molecular complexity index is 473. The van der Waals surface area contributed by atoms with Crippen LogP contribution in [0.25, 0.3) is 0 Å². The molecule has 1 aromatic heterocycles. The second kappa shape index (κ2) is 5.37. The zero-order valence-electron chi connectivity index (χ0n) is 8.68. The molecule has 0 saturated heterocycles. The van der Waals surface area contributed by atoms with E-state index in [1.807, 2.05) is 36.6 Å². The summed E-state index contributed by atoms with van der Waals surface area (Å²) in [4.78, 5) is 5.26. The van der Waals surface area contributed by atoms with Gasteiger partial charge in [0.25, 0.3) is 0 Å². The van der Waals surface area contributed by atoms with Gasteiger partial charge >= 0.3 is 0 Å². The molecule has 2 aromatic rings.